The standard InChI is InChI=1S/C12H11Cl2N3O/c1-6-3-10(17-12(15)16-6)7-4-11(18-2)9(14)5-8(7)13/h3-5H,1-2H3,(H2,15,16,17). The Bertz CT molecular complexity index is 582. The Kier molecular flexibility index (Phi) is 3.59. The van der Waals surface area contributed by atoms with Gasteiger partial charge < -0.3 is 10.5 Å². The van der Waals surface area contributed by atoms with Gasteiger partial charge in [0.15, 0.2) is 0 Å². The number of methoxy groups -OCH3 is 1. The summed E-state index contributed by atoms with van der Waals surface area (Å²) in [5.41, 5.74) is 7.73. The van der Waals surface area contributed by atoms with Crippen LogP contribution in [0.4, 0.5) is 5.95 Å². The summed E-state index contributed by atoms with van der Waals surface area (Å²) >= 11 is 12.1. The Hall–Kier alpha value is -1.52. The van der Waals surface area contributed by atoms with E-state index < -0.39 is 0 Å². The van der Waals surface area contributed by atoms with Gasteiger partial charge in [0, 0.05) is 11.3 Å². The topological polar surface area (TPSA) is 61.0 Å². The molecule has 2 rings (SSSR count). The zero-order chi connectivity index (χ0) is 13.3. The molecule has 1 aromatic carbocycles. The maximum atomic E-state index is 6.16. The molecule has 18 heavy (non-hydrogen) atoms. The minimum atomic E-state index is 0.204. The quantitative estimate of drug-likeness (QED) is 0.918. The number of benzene rings is 1. The van der Waals surface area contributed by atoms with Gasteiger partial charge in [-0.2, -0.15) is 0 Å². The van der Waals surface area contributed by atoms with Crippen LogP contribution in [0.5, 0.6) is 5.75 Å². The molecule has 2 aromatic rings. The van der Waals surface area contributed by atoms with Crippen LogP contribution in [0.1, 0.15) is 5.69 Å². The van der Waals surface area contributed by atoms with Crippen molar-refractivity contribution in [3.63, 3.8) is 0 Å². The molecule has 0 unspecified atom stereocenters. The number of hydrogen-bond acceptors (Lipinski definition) is 4. The van der Waals surface area contributed by atoms with E-state index in [1.165, 1.54) is 0 Å². The summed E-state index contributed by atoms with van der Waals surface area (Å²) < 4.78 is 5.16. The summed E-state index contributed by atoms with van der Waals surface area (Å²) in [7, 11) is 1.54. The first-order valence-corrected chi connectivity index (χ1v) is 5.91. The fourth-order valence-electron chi connectivity index (χ4n) is 1.61. The monoisotopic (exact) mass is 283 g/mol. The third kappa shape index (κ3) is 2.49. The highest BCUT2D eigenvalue weighted by Gasteiger charge is 2.12. The number of nitrogens with zero attached hydrogens (tertiary/aromatic N) is 2. The second kappa shape index (κ2) is 5.00. The molecule has 4 nitrogen and oxygen atoms in total. The highest BCUT2D eigenvalue weighted by molar-refractivity contribution is 6.37. The Morgan fingerprint density at radius 1 is 1.11 bits per heavy atom. The molecule has 0 bridgehead atoms. The van der Waals surface area contributed by atoms with Crippen LogP contribution in [0.25, 0.3) is 11.3 Å². The predicted molar refractivity (Wildman–Crippen MR) is 73.2 cm³/mol. The lowest BCUT2D eigenvalue weighted by atomic mass is 10.1. The lowest BCUT2D eigenvalue weighted by molar-refractivity contribution is 0.415. The first kappa shape index (κ1) is 12.9. The van der Waals surface area contributed by atoms with E-state index in [9.17, 15) is 0 Å². The molecule has 1 aromatic heterocycles. The van der Waals surface area contributed by atoms with E-state index in [0.717, 1.165) is 5.69 Å². The van der Waals surface area contributed by atoms with Crippen molar-refractivity contribution in [2.45, 2.75) is 6.92 Å². The summed E-state index contributed by atoms with van der Waals surface area (Å²) in [5.74, 6) is 0.737. The highest BCUT2D eigenvalue weighted by atomic mass is 35.5. The van der Waals surface area contributed by atoms with Crippen molar-refractivity contribution in [2.75, 3.05) is 12.8 Å². The molecule has 6 heteroatoms. The van der Waals surface area contributed by atoms with Crippen LogP contribution in [-0.2, 0) is 0 Å². The van der Waals surface area contributed by atoms with Crippen molar-refractivity contribution >= 4 is 29.2 Å². The molecule has 0 spiro atoms. The Morgan fingerprint density at radius 2 is 1.83 bits per heavy atom. The maximum absolute atomic E-state index is 6.16. The molecular weight excluding hydrogens is 273 g/mol. The van der Waals surface area contributed by atoms with Gasteiger partial charge in [-0.3, -0.25) is 0 Å². The first-order chi connectivity index (χ1) is 8.51. The van der Waals surface area contributed by atoms with E-state index in [1.54, 1.807) is 25.3 Å². The van der Waals surface area contributed by atoms with Crippen molar-refractivity contribution in [1.82, 2.24) is 9.97 Å². The zero-order valence-corrected chi connectivity index (χ0v) is 11.4. The Balaban J connectivity index is 2.62. The summed E-state index contributed by atoms with van der Waals surface area (Å²) in [6.45, 7) is 1.84. The number of aromatic nitrogens is 2. The average molecular weight is 284 g/mol. The van der Waals surface area contributed by atoms with Crippen LogP contribution in [0.2, 0.25) is 10.0 Å². The third-order valence-electron chi connectivity index (χ3n) is 2.39. The van der Waals surface area contributed by atoms with E-state index in [4.69, 9.17) is 33.7 Å². The Morgan fingerprint density at radius 3 is 2.44 bits per heavy atom. The smallest absolute Gasteiger partial charge is 0.220 e. The number of nitrogen functional groups attached to an aromatic ring is 1. The van der Waals surface area contributed by atoms with Gasteiger partial charge in [-0.15, -0.1) is 0 Å². The fourth-order valence-corrected chi connectivity index (χ4v) is 2.17. The number of anilines is 1. The SMILES string of the molecule is COc1cc(-c2cc(C)nc(N)n2)c(Cl)cc1Cl. The lowest BCUT2D eigenvalue weighted by Gasteiger charge is -2.09. The summed E-state index contributed by atoms with van der Waals surface area (Å²) in [6.07, 6.45) is 0. The highest BCUT2D eigenvalue weighted by Crippen LogP contribution is 2.36. The molecule has 0 saturated carbocycles. The van der Waals surface area contributed by atoms with Crippen molar-refractivity contribution in [3.05, 3.63) is 33.9 Å². The third-order valence-corrected chi connectivity index (χ3v) is 3.00. The van der Waals surface area contributed by atoms with Gasteiger partial charge in [0.1, 0.15) is 5.75 Å². The van der Waals surface area contributed by atoms with Crippen molar-refractivity contribution < 1.29 is 4.74 Å². The average Bonchev–Trinajstić information content (AvgIpc) is 2.27. The largest absolute Gasteiger partial charge is 0.495 e. The number of ether oxygens (including phenoxy) is 1. The minimum Gasteiger partial charge on any atom is -0.495 e. The van der Waals surface area contributed by atoms with E-state index in [2.05, 4.69) is 9.97 Å². The van der Waals surface area contributed by atoms with Crippen molar-refractivity contribution in [1.29, 1.82) is 0 Å². The molecule has 0 aliphatic rings. The van der Waals surface area contributed by atoms with Crippen LogP contribution >= 0.6 is 23.2 Å². The molecule has 0 fully saturated rings. The number of halogens is 2. The maximum Gasteiger partial charge on any atom is 0.220 e. The van der Waals surface area contributed by atoms with Gasteiger partial charge >= 0.3 is 0 Å². The number of rotatable bonds is 2. The van der Waals surface area contributed by atoms with Crippen LogP contribution in [0.3, 0.4) is 0 Å². The van der Waals surface area contributed by atoms with Gasteiger partial charge in [-0.05, 0) is 25.1 Å². The van der Waals surface area contributed by atoms with Gasteiger partial charge in [0.2, 0.25) is 5.95 Å². The van der Waals surface area contributed by atoms with Gasteiger partial charge in [0.05, 0.1) is 22.8 Å². The van der Waals surface area contributed by atoms with E-state index in [1.807, 2.05) is 6.92 Å². The fraction of sp³-hybridized carbons (Fsp3) is 0.167. The summed E-state index contributed by atoms with van der Waals surface area (Å²) in [6, 6.07) is 5.14. The molecule has 1 heterocycles. The molecule has 0 saturated heterocycles. The van der Waals surface area contributed by atoms with Gasteiger partial charge in [-0.1, -0.05) is 23.2 Å². The first-order valence-electron chi connectivity index (χ1n) is 5.16. The number of hydrogen-bond donors (Lipinski definition) is 1. The zero-order valence-electron chi connectivity index (χ0n) is 9.87. The number of nitrogens with two attached hydrogens (primary N) is 1. The molecule has 0 amide bonds. The van der Waals surface area contributed by atoms with Crippen molar-refractivity contribution in [2.24, 2.45) is 0 Å². The van der Waals surface area contributed by atoms with Gasteiger partial charge in [-0.25, -0.2) is 9.97 Å². The normalized spacial score (nSPS) is 10.4. The van der Waals surface area contributed by atoms with E-state index in [0.29, 0.717) is 27.1 Å². The minimum absolute atomic E-state index is 0.204. The lowest BCUT2D eigenvalue weighted by Crippen LogP contribution is -1.98. The molecule has 2 N–H and O–H groups in total. The van der Waals surface area contributed by atoms with Crippen LogP contribution in [-0.4, -0.2) is 17.1 Å². The van der Waals surface area contributed by atoms with Gasteiger partial charge in [0.25, 0.3) is 0 Å². The van der Waals surface area contributed by atoms with E-state index in [-0.39, 0.29) is 5.95 Å². The molecule has 94 valence electrons. The van der Waals surface area contributed by atoms with Crippen LogP contribution in [0.15, 0.2) is 18.2 Å². The molecular formula is C12H11Cl2N3O. The number of aryl methyl sites for hydroxylation is 1. The Labute approximate surface area is 115 Å². The molecule has 0 aliphatic heterocycles. The molecule has 0 atom stereocenters. The van der Waals surface area contributed by atoms with Crippen LogP contribution in [0, 0.1) is 6.92 Å². The second-order valence-electron chi connectivity index (χ2n) is 3.72. The van der Waals surface area contributed by atoms with Crippen LogP contribution < -0.4 is 10.5 Å². The van der Waals surface area contributed by atoms with Crippen molar-refractivity contribution in [3.8, 4) is 17.0 Å². The summed E-state index contributed by atoms with van der Waals surface area (Å²) in [4.78, 5) is 8.17. The summed E-state index contributed by atoms with van der Waals surface area (Å²) in [5, 5.41) is 0.934. The second-order valence-corrected chi connectivity index (χ2v) is 4.53. The predicted octanol–water partition coefficient (Wildman–Crippen LogP) is 3.35. The van der Waals surface area contributed by atoms with E-state index >= 15 is 0 Å². The molecule has 0 radical (unpaired) electrons. The molecule has 0 aliphatic carbocycles.